The summed E-state index contributed by atoms with van der Waals surface area (Å²) >= 11 is 0. The highest BCUT2D eigenvalue weighted by Gasteiger charge is 2.20. The van der Waals surface area contributed by atoms with E-state index in [-0.39, 0.29) is 18.9 Å². The molecule has 0 radical (unpaired) electrons. The molecule has 2 aromatic carbocycles. The van der Waals surface area contributed by atoms with Gasteiger partial charge in [0.15, 0.2) is 0 Å². The summed E-state index contributed by atoms with van der Waals surface area (Å²) in [4.78, 5) is 12.4. The van der Waals surface area contributed by atoms with E-state index in [0.717, 1.165) is 34.2 Å². The van der Waals surface area contributed by atoms with Crippen LogP contribution in [-0.4, -0.2) is 27.1 Å². The third kappa shape index (κ3) is 4.85. The van der Waals surface area contributed by atoms with E-state index in [9.17, 15) is 13.2 Å². The van der Waals surface area contributed by atoms with Crippen LogP contribution >= 0.6 is 0 Å². The Kier molecular flexibility index (Phi) is 6.08. The minimum atomic E-state index is -3.49. The second kappa shape index (κ2) is 7.91. The van der Waals surface area contributed by atoms with E-state index in [1.54, 1.807) is 0 Å². The van der Waals surface area contributed by atoms with Crippen LogP contribution in [0.4, 0.5) is 11.4 Å². The van der Waals surface area contributed by atoms with Gasteiger partial charge in [0.25, 0.3) is 0 Å². The van der Waals surface area contributed by atoms with Gasteiger partial charge in [0.05, 0.1) is 11.9 Å². The Morgan fingerprint density at radius 1 is 1.00 bits per heavy atom. The summed E-state index contributed by atoms with van der Waals surface area (Å²) in [7, 11) is -3.49. The number of nitrogens with zero attached hydrogens (tertiary/aromatic N) is 1. The van der Waals surface area contributed by atoms with Gasteiger partial charge in [-0.3, -0.25) is 9.10 Å². The molecule has 1 N–H and O–H groups in total. The van der Waals surface area contributed by atoms with Crippen LogP contribution in [0.25, 0.3) is 0 Å². The van der Waals surface area contributed by atoms with Crippen LogP contribution < -0.4 is 9.62 Å². The minimum absolute atomic E-state index is 0.0776. The number of hydrogen-bond donors (Lipinski definition) is 1. The van der Waals surface area contributed by atoms with Gasteiger partial charge in [-0.15, -0.1) is 0 Å². The van der Waals surface area contributed by atoms with E-state index in [1.807, 2.05) is 64.1 Å². The normalized spacial score (nSPS) is 11.3. The van der Waals surface area contributed by atoms with Gasteiger partial charge in [-0.05, 0) is 56.0 Å². The van der Waals surface area contributed by atoms with Crippen molar-refractivity contribution in [1.29, 1.82) is 0 Å². The Labute approximate surface area is 156 Å². The topological polar surface area (TPSA) is 66.5 Å². The smallest absolute Gasteiger partial charge is 0.232 e. The Morgan fingerprint density at radius 3 is 2.19 bits per heavy atom. The van der Waals surface area contributed by atoms with Crippen LogP contribution in [-0.2, 0) is 14.8 Å². The predicted octanol–water partition coefficient (Wildman–Crippen LogP) is 3.72. The number of benzene rings is 2. The number of hydrogen-bond acceptors (Lipinski definition) is 3. The zero-order valence-corrected chi connectivity index (χ0v) is 16.8. The Morgan fingerprint density at radius 2 is 1.62 bits per heavy atom. The maximum atomic E-state index is 12.4. The van der Waals surface area contributed by atoms with E-state index in [4.69, 9.17) is 0 Å². The molecule has 1 amide bonds. The molecule has 2 aromatic rings. The number of anilines is 2. The summed E-state index contributed by atoms with van der Waals surface area (Å²) in [6.45, 7) is 7.74. The van der Waals surface area contributed by atoms with Gasteiger partial charge in [-0.25, -0.2) is 8.42 Å². The molecule has 0 unspecified atom stereocenters. The molecule has 26 heavy (non-hydrogen) atoms. The van der Waals surface area contributed by atoms with Crippen molar-refractivity contribution in [2.45, 2.75) is 34.1 Å². The van der Waals surface area contributed by atoms with Crippen LogP contribution in [0.2, 0.25) is 0 Å². The van der Waals surface area contributed by atoms with E-state index >= 15 is 0 Å². The summed E-state index contributed by atoms with van der Waals surface area (Å²) in [5, 5.41) is 2.90. The number of amides is 1. The summed E-state index contributed by atoms with van der Waals surface area (Å²) in [5.74, 6) is -0.207. The highest BCUT2D eigenvalue weighted by atomic mass is 32.2. The molecule has 0 saturated carbocycles. The predicted molar refractivity (Wildman–Crippen MR) is 107 cm³/mol. The van der Waals surface area contributed by atoms with E-state index in [2.05, 4.69) is 5.32 Å². The molecule has 2 rings (SSSR count). The van der Waals surface area contributed by atoms with Crippen molar-refractivity contribution in [1.82, 2.24) is 0 Å². The SMILES string of the molecule is Cc1ccc(C)c(N(CCC(=O)Nc2c(C)cccc2C)S(C)(=O)=O)c1. The van der Waals surface area contributed by atoms with E-state index in [1.165, 1.54) is 4.31 Å². The summed E-state index contributed by atoms with van der Waals surface area (Å²) < 4.78 is 25.8. The van der Waals surface area contributed by atoms with Crippen LogP contribution in [0.5, 0.6) is 0 Å². The number of carbonyl (C=O) groups is 1. The minimum Gasteiger partial charge on any atom is -0.326 e. The van der Waals surface area contributed by atoms with Crippen molar-refractivity contribution in [3.8, 4) is 0 Å². The lowest BCUT2D eigenvalue weighted by molar-refractivity contribution is -0.116. The monoisotopic (exact) mass is 374 g/mol. The number of para-hydroxylation sites is 1. The number of nitrogens with one attached hydrogen (secondary N) is 1. The first-order valence-electron chi connectivity index (χ1n) is 8.50. The maximum absolute atomic E-state index is 12.4. The molecular formula is C20H26N2O3S. The average Bonchev–Trinajstić information content (AvgIpc) is 2.53. The number of aryl methyl sites for hydroxylation is 4. The fourth-order valence-electron chi connectivity index (χ4n) is 2.87. The quantitative estimate of drug-likeness (QED) is 0.838. The fraction of sp³-hybridized carbons (Fsp3) is 0.350. The molecule has 0 aliphatic carbocycles. The van der Waals surface area contributed by atoms with Crippen molar-refractivity contribution >= 4 is 27.3 Å². The lowest BCUT2D eigenvalue weighted by Gasteiger charge is -2.24. The molecule has 6 heteroatoms. The van der Waals surface area contributed by atoms with Gasteiger partial charge >= 0.3 is 0 Å². The molecule has 0 aliphatic rings. The highest BCUT2D eigenvalue weighted by molar-refractivity contribution is 7.92. The van der Waals surface area contributed by atoms with Gasteiger partial charge in [-0.1, -0.05) is 30.3 Å². The van der Waals surface area contributed by atoms with Crippen molar-refractivity contribution in [2.75, 3.05) is 22.4 Å². The lowest BCUT2D eigenvalue weighted by atomic mass is 10.1. The van der Waals surface area contributed by atoms with Crippen LogP contribution in [0, 0.1) is 27.7 Å². The van der Waals surface area contributed by atoms with Crippen LogP contribution in [0.15, 0.2) is 36.4 Å². The van der Waals surface area contributed by atoms with Crippen molar-refractivity contribution in [3.05, 3.63) is 58.7 Å². The van der Waals surface area contributed by atoms with Crippen molar-refractivity contribution in [2.24, 2.45) is 0 Å². The van der Waals surface area contributed by atoms with Crippen LogP contribution in [0.3, 0.4) is 0 Å². The Balaban J connectivity index is 2.18. The molecule has 5 nitrogen and oxygen atoms in total. The van der Waals surface area contributed by atoms with Gasteiger partial charge in [0, 0.05) is 18.7 Å². The molecule has 0 spiro atoms. The Bertz CT molecular complexity index is 900. The first kappa shape index (κ1) is 20.0. The maximum Gasteiger partial charge on any atom is 0.232 e. The fourth-order valence-corrected chi connectivity index (χ4v) is 3.85. The highest BCUT2D eigenvalue weighted by Crippen LogP contribution is 2.25. The zero-order valence-electron chi connectivity index (χ0n) is 16.0. The molecule has 140 valence electrons. The summed E-state index contributed by atoms with van der Waals surface area (Å²) in [6, 6.07) is 11.5. The van der Waals surface area contributed by atoms with Gasteiger partial charge < -0.3 is 5.32 Å². The lowest BCUT2D eigenvalue weighted by Crippen LogP contribution is -2.33. The molecular weight excluding hydrogens is 348 g/mol. The first-order valence-corrected chi connectivity index (χ1v) is 10.4. The largest absolute Gasteiger partial charge is 0.326 e. The van der Waals surface area contributed by atoms with Crippen molar-refractivity contribution in [3.63, 3.8) is 0 Å². The Hall–Kier alpha value is -2.34. The average molecular weight is 375 g/mol. The van der Waals surface area contributed by atoms with Gasteiger partial charge in [0.1, 0.15) is 0 Å². The van der Waals surface area contributed by atoms with Gasteiger partial charge in [-0.2, -0.15) is 0 Å². The molecule has 0 fully saturated rings. The number of rotatable bonds is 6. The third-order valence-corrected chi connectivity index (χ3v) is 5.50. The van der Waals surface area contributed by atoms with E-state index < -0.39 is 10.0 Å². The molecule has 0 aromatic heterocycles. The summed E-state index contributed by atoms with van der Waals surface area (Å²) in [6.07, 6.45) is 1.24. The second-order valence-corrected chi connectivity index (χ2v) is 8.60. The molecule has 0 aliphatic heterocycles. The zero-order chi connectivity index (χ0) is 19.5. The first-order chi connectivity index (χ1) is 12.1. The second-order valence-electron chi connectivity index (χ2n) is 6.69. The van der Waals surface area contributed by atoms with Gasteiger partial charge in [0.2, 0.25) is 15.9 Å². The summed E-state index contributed by atoms with van der Waals surface area (Å²) in [5.41, 5.74) is 5.19. The molecule has 0 heterocycles. The van der Waals surface area contributed by atoms with Crippen LogP contribution in [0.1, 0.15) is 28.7 Å². The van der Waals surface area contributed by atoms with Crippen molar-refractivity contribution < 1.29 is 13.2 Å². The molecule has 0 saturated heterocycles. The number of carbonyl (C=O) groups excluding carboxylic acids is 1. The third-order valence-electron chi connectivity index (χ3n) is 4.32. The number of sulfonamides is 1. The van der Waals surface area contributed by atoms with E-state index in [0.29, 0.717) is 5.69 Å². The standard InChI is InChI=1S/C20H26N2O3S/c1-14-9-10-15(2)18(13-14)22(26(5,24)25)12-11-19(23)21-20-16(3)7-6-8-17(20)4/h6-10,13H,11-12H2,1-5H3,(H,21,23). The molecule has 0 bridgehead atoms. The molecule has 0 atom stereocenters.